The van der Waals surface area contributed by atoms with Gasteiger partial charge in [0.1, 0.15) is 10.7 Å². The Balaban J connectivity index is 2.47. The second kappa shape index (κ2) is 7.03. The minimum absolute atomic E-state index is 0.0586. The number of halogens is 1. The zero-order valence-corrected chi connectivity index (χ0v) is 13.9. The van der Waals surface area contributed by atoms with Crippen molar-refractivity contribution in [1.82, 2.24) is 4.72 Å². The summed E-state index contributed by atoms with van der Waals surface area (Å²) in [6.07, 6.45) is 2.61. The van der Waals surface area contributed by atoms with Crippen LogP contribution in [0.1, 0.15) is 16.9 Å². The second-order valence-electron chi connectivity index (χ2n) is 4.71. The number of furan rings is 1. The van der Waals surface area contributed by atoms with Crippen LogP contribution in [0.25, 0.3) is 0 Å². The lowest BCUT2D eigenvalue weighted by Gasteiger charge is -2.12. The van der Waals surface area contributed by atoms with E-state index in [0.717, 1.165) is 5.76 Å². The molecule has 0 atom stereocenters. The fourth-order valence-electron chi connectivity index (χ4n) is 2.12. The molecular formula is C14H16ClN3O4S. The van der Waals surface area contributed by atoms with Crippen molar-refractivity contribution in [3.63, 3.8) is 0 Å². The molecule has 9 heteroatoms. The van der Waals surface area contributed by atoms with Gasteiger partial charge in [-0.05, 0) is 43.3 Å². The summed E-state index contributed by atoms with van der Waals surface area (Å²) >= 11 is 6.09. The van der Waals surface area contributed by atoms with Gasteiger partial charge in [0.15, 0.2) is 5.84 Å². The van der Waals surface area contributed by atoms with E-state index < -0.39 is 10.0 Å². The van der Waals surface area contributed by atoms with Crippen molar-refractivity contribution in [2.45, 2.75) is 17.7 Å². The van der Waals surface area contributed by atoms with E-state index in [1.54, 1.807) is 12.3 Å². The molecule has 0 unspecified atom stereocenters. The summed E-state index contributed by atoms with van der Waals surface area (Å²) in [6, 6.07) is 6.39. The number of nitrogens with two attached hydrogens (primary N) is 1. The van der Waals surface area contributed by atoms with Crippen molar-refractivity contribution in [1.29, 1.82) is 0 Å². The molecule has 1 aromatic carbocycles. The number of hydrogen-bond donors (Lipinski definition) is 3. The van der Waals surface area contributed by atoms with E-state index in [1.807, 2.05) is 6.07 Å². The number of hydrogen-bond acceptors (Lipinski definition) is 5. The lowest BCUT2D eigenvalue weighted by Crippen LogP contribution is -2.22. The quantitative estimate of drug-likeness (QED) is 0.315. The normalized spacial score (nSPS) is 12.5. The van der Waals surface area contributed by atoms with E-state index >= 15 is 0 Å². The molecule has 0 aliphatic rings. The summed E-state index contributed by atoms with van der Waals surface area (Å²) in [4.78, 5) is -0.134. The summed E-state index contributed by atoms with van der Waals surface area (Å²) in [5.41, 5.74) is 6.62. The highest BCUT2D eigenvalue weighted by atomic mass is 35.5. The molecule has 0 aliphatic carbocycles. The van der Waals surface area contributed by atoms with Gasteiger partial charge in [0.05, 0.1) is 11.3 Å². The highest BCUT2D eigenvalue weighted by Crippen LogP contribution is 2.26. The molecule has 2 aromatic rings. The van der Waals surface area contributed by atoms with E-state index in [0.29, 0.717) is 24.0 Å². The Labute approximate surface area is 138 Å². The number of nitrogens with zero attached hydrogens (tertiary/aromatic N) is 1. The summed E-state index contributed by atoms with van der Waals surface area (Å²) in [6.45, 7) is 0. The zero-order valence-electron chi connectivity index (χ0n) is 12.3. The standard InChI is InChI=1S/C14H16ClN3O4S/c1-17-23(20,21)13-8-11(14(16)18-19)9(7-12(13)15)4-5-10-3-2-6-22-10/h2-3,6-8,17,19H,4-5H2,1H3,(H2,16,18). The fourth-order valence-corrected chi connectivity index (χ4v) is 3.42. The first kappa shape index (κ1) is 17.3. The topological polar surface area (TPSA) is 118 Å². The maximum Gasteiger partial charge on any atom is 0.241 e. The summed E-state index contributed by atoms with van der Waals surface area (Å²) in [5, 5.41) is 11.9. The van der Waals surface area contributed by atoms with E-state index in [1.165, 1.54) is 19.2 Å². The van der Waals surface area contributed by atoms with Crippen molar-refractivity contribution >= 4 is 27.5 Å². The summed E-state index contributed by atoms with van der Waals surface area (Å²) < 4.78 is 31.4. The smallest absolute Gasteiger partial charge is 0.241 e. The Morgan fingerprint density at radius 1 is 1.43 bits per heavy atom. The highest BCUT2D eigenvalue weighted by Gasteiger charge is 2.20. The predicted molar refractivity (Wildman–Crippen MR) is 86.3 cm³/mol. The molecule has 1 aromatic heterocycles. The van der Waals surface area contributed by atoms with Gasteiger partial charge in [-0.2, -0.15) is 0 Å². The molecule has 0 saturated carbocycles. The van der Waals surface area contributed by atoms with E-state index in [4.69, 9.17) is 27.0 Å². The van der Waals surface area contributed by atoms with Gasteiger partial charge in [0.25, 0.3) is 0 Å². The Hall–Kier alpha value is -2.03. The molecule has 0 saturated heterocycles. The molecule has 1 heterocycles. The average Bonchev–Trinajstić information content (AvgIpc) is 3.05. The van der Waals surface area contributed by atoms with Gasteiger partial charge in [-0.25, -0.2) is 13.1 Å². The van der Waals surface area contributed by atoms with E-state index in [9.17, 15) is 8.42 Å². The van der Waals surface area contributed by atoms with Gasteiger partial charge in [0.2, 0.25) is 10.0 Å². The van der Waals surface area contributed by atoms with Crippen molar-refractivity contribution in [3.8, 4) is 0 Å². The monoisotopic (exact) mass is 357 g/mol. The van der Waals surface area contributed by atoms with Crippen molar-refractivity contribution in [2.75, 3.05) is 7.05 Å². The van der Waals surface area contributed by atoms with Crippen LogP contribution in [0.15, 0.2) is 45.0 Å². The lowest BCUT2D eigenvalue weighted by molar-refractivity contribution is 0.318. The van der Waals surface area contributed by atoms with Crippen LogP contribution in [0, 0.1) is 0 Å². The third-order valence-corrected chi connectivity index (χ3v) is 5.20. The van der Waals surface area contributed by atoms with Crippen LogP contribution >= 0.6 is 11.6 Å². The Morgan fingerprint density at radius 2 is 2.17 bits per heavy atom. The molecule has 0 bridgehead atoms. The average molecular weight is 358 g/mol. The number of amidine groups is 1. The molecule has 7 nitrogen and oxygen atoms in total. The van der Waals surface area contributed by atoms with Crippen LogP contribution < -0.4 is 10.5 Å². The Morgan fingerprint density at radius 3 is 2.74 bits per heavy atom. The number of benzene rings is 1. The van der Waals surface area contributed by atoms with Crippen LogP contribution in [0.2, 0.25) is 5.02 Å². The number of nitrogens with one attached hydrogen (secondary N) is 1. The molecular weight excluding hydrogens is 342 g/mol. The number of rotatable bonds is 6. The minimum Gasteiger partial charge on any atom is -0.469 e. The number of sulfonamides is 1. The van der Waals surface area contributed by atoms with Crippen molar-refractivity contribution in [2.24, 2.45) is 10.9 Å². The molecule has 0 aliphatic heterocycles. The number of oxime groups is 1. The van der Waals surface area contributed by atoms with Gasteiger partial charge in [-0.15, -0.1) is 0 Å². The lowest BCUT2D eigenvalue weighted by atomic mass is 10.0. The van der Waals surface area contributed by atoms with Gasteiger partial charge >= 0.3 is 0 Å². The summed E-state index contributed by atoms with van der Waals surface area (Å²) in [5.74, 6) is 0.571. The molecule has 0 fully saturated rings. The Kier molecular flexibility index (Phi) is 5.30. The first-order chi connectivity index (χ1) is 10.9. The molecule has 124 valence electrons. The van der Waals surface area contributed by atoms with Crippen LogP contribution in [0.3, 0.4) is 0 Å². The first-order valence-corrected chi connectivity index (χ1v) is 8.51. The molecule has 0 amide bonds. The van der Waals surface area contributed by atoms with Gasteiger partial charge in [-0.1, -0.05) is 16.8 Å². The third-order valence-electron chi connectivity index (χ3n) is 3.32. The maximum atomic E-state index is 12.0. The van der Waals surface area contributed by atoms with Gasteiger partial charge in [0, 0.05) is 12.0 Å². The second-order valence-corrected chi connectivity index (χ2v) is 6.97. The van der Waals surface area contributed by atoms with Gasteiger partial charge < -0.3 is 15.4 Å². The van der Waals surface area contributed by atoms with Crippen LogP contribution in [-0.4, -0.2) is 26.5 Å². The van der Waals surface area contributed by atoms with Crippen LogP contribution in [0.5, 0.6) is 0 Å². The molecule has 0 spiro atoms. The molecule has 0 radical (unpaired) electrons. The number of aryl methyl sites for hydroxylation is 2. The SMILES string of the molecule is CNS(=O)(=O)c1cc(/C(N)=N\O)c(CCc2ccco2)cc1Cl. The van der Waals surface area contributed by atoms with Crippen LogP contribution in [0.4, 0.5) is 0 Å². The van der Waals surface area contributed by atoms with Crippen molar-refractivity contribution < 1.29 is 18.0 Å². The summed E-state index contributed by atoms with van der Waals surface area (Å²) in [7, 11) is -2.48. The highest BCUT2D eigenvalue weighted by molar-refractivity contribution is 7.89. The van der Waals surface area contributed by atoms with Gasteiger partial charge in [-0.3, -0.25) is 0 Å². The largest absolute Gasteiger partial charge is 0.469 e. The third kappa shape index (κ3) is 3.84. The predicted octanol–water partition coefficient (Wildman–Crippen LogP) is 1.72. The maximum absolute atomic E-state index is 12.0. The first-order valence-electron chi connectivity index (χ1n) is 6.65. The van der Waals surface area contributed by atoms with Crippen LogP contribution in [-0.2, 0) is 22.9 Å². The van der Waals surface area contributed by atoms with E-state index in [2.05, 4.69) is 9.88 Å². The fraction of sp³-hybridized carbons (Fsp3) is 0.214. The molecule has 2 rings (SSSR count). The zero-order chi connectivity index (χ0) is 17.0. The Bertz CT molecular complexity index is 817. The molecule has 4 N–H and O–H groups in total. The van der Waals surface area contributed by atoms with Crippen molar-refractivity contribution in [3.05, 3.63) is 52.4 Å². The van der Waals surface area contributed by atoms with E-state index in [-0.39, 0.29) is 15.8 Å². The minimum atomic E-state index is -3.76. The molecule has 23 heavy (non-hydrogen) atoms.